The highest BCUT2D eigenvalue weighted by molar-refractivity contribution is 7.58. The number of aliphatic hydroxyl groups is 1. The quantitative estimate of drug-likeness (QED) is 0.758. The summed E-state index contributed by atoms with van der Waals surface area (Å²) in [5, 5.41) is 10.8. The monoisotopic (exact) mass is 346 g/mol. The highest BCUT2D eigenvalue weighted by Crippen LogP contribution is 2.67. The molecule has 2 heterocycles. The summed E-state index contributed by atoms with van der Waals surface area (Å²) in [6.45, 7) is 8.84. The van der Waals surface area contributed by atoms with Crippen LogP contribution in [0.2, 0.25) is 0 Å². The topological polar surface area (TPSA) is 74.2 Å². The number of allylic oxidation sites excluding steroid dienone is 2. The molecule has 0 unspecified atom stereocenters. The minimum absolute atomic E-state index is 0.133. The molecular weight excluding hydrogens is 319 g/mol. The van der Waals surface area contributed by atoms with Crippen molar-refractivity contribution < 1.29 is 28.2 Å². The van der Waals surface area contributed by atoms with Crippen LogP contribution in [0.5, 0.6) is 0 Å². The fourth-order valence-electron chi connectivity index (χ4n) is 3.78. The summed E-state index contributed by atoms with van der Waals surface area (Å²) in [4.78, 5) is 0. The minimum atomic E-state index is -3.49. The fraction of sp³-hybridized carbons (Fsp3) is 0.875. The summed E-state index contributed by atoms with van der Waals surface area (Å²) >= 11 is 0. The van der Waals surface area contributed by atoms with E-state index in [9.17, 15) is 9.67 Å². The molecule has 0 radical (unpaired) electrons. The van der Waals surface area contributed by atoms with Crippen LogP contribution in [-0.4, -0.2) is 36.3 Å². The van der Waals surface area contributed by atoms with Gasteiger partial charge in [0.2, 0.25) is 0 Å². The molecule has 3 atom stereocenters. The van der Waals surface area contributed by atoms with Gasteiger partial charge in [0.1, 0.15) is 5.76 Å². The van der Waals surface area contributed by atoms with Crippen molar-refractivity contribution in [3.63, 3.8) is 0 Å². The number of aliphatic hydroxyl groups excluding tert-OH is 1. The zero-order valence-electron chi connectivity index (χ0n) is 14.3. The van der Waals surface area contributed by atoms with Crippen LogP contribution in [0.4, 0.5) is 0 Å². The van der Waals surface area contributed by atoms with Crippen molar-refractivity contribution in [2.24, 2.45) is 5.41 Å². The van der Waals surface area contributed by atoms with Gasteiger partial charge in [0.05, 0.1) is 30.7 Å². The second kappa shape index (κ2) is 5.85. The molecule has 3 aliphatic rings. The van der Waals surface area contributed by atoms with E-state index in [1.165, 1.54) is 0 Å². The number of hydrogen-bond donors (Lipinski definition) is 1. The second-order valence-corrected chi connectivity index (χ2v) is 9.30. The predicted molar refractivity (Wildman–Crippen MR) is 85.2 cm³/mol. The Morgan fingerprint density at radius 2 is 1.70 bits per heavy atom. The second-order valence-electron chi connectivity index (χ2n) is 7.34. The van der Waals surface area contributed by atoms with Crippen LogP contribution in [0.15, 0.2) is 11.1 Å². The molecule has 0 saturated carbocycles. The van der Waals surface area contributed by atoms with Gasteiger partial charge in [-0.1, -0.05) is 6.92 Å². The Labute approximate surface area is 137 Å². The van der Waals surface area contributed by atoms with Gasteiger partial charge in [-0.25, -0.2) is 0 Å². The fourth-order valence-corrected chi connectivity index (χ4v) is 6.18. The smallest absolute Gasteiger partial charge is 0.361 e. The van der Waals surface area contributed by atoms with E-state index in [1.54, 1.807) is 0 Å². The van der Waals surface area contributed by atoms with Crippen molar-refractivity contribution in [3.05, 3.63) is 11.1 Å². The van der Waals surface area contributed by atoms with E-state index in [-0.39, 0.29) is 23.4 Å². The lowest BCUT2D eigenvalue weighted by atomic mass is 9.72. The summed E-state index contributed by atoms with van der Waals surface area (Å²) in [5.41, 5.74) is -0.390. The Hall–Kier alpha value is -0.390. The Morgan fingerprint density at radius 1 is 1.13 bits per heavy atom. The van der Waals surface area contributed by atoms with Gasteiger partial charge in [0.15, 0.2) is 5.79 Å². The maximum Gasteiger partial charge on any atom is 0.361 e. The molecule has 23 heavy (non-hydrogen) atoms. The van der Waals surface area contributed by atoms with Crippen molar-refractivity contribution in [2.45, 2.75) is 71.4 Å². The molecule has 1 aliphatic carbocycles. The van der Waals surface area contributed by atoms with E-state index >= 15 is 0 Å². The SMILES string of the molecule is C[C@@H]1C[C@@H](C)OP(=O)(C2=C(O)CC[C@@](C)(C3(C)OCCO3)C2)O1. The highest BCUT2D eigenvalue weighted by atomic mass is 31.2. The van der Waals surface area contributed by atoms with Crippen molar-refractivity contribution >= 4 is 7.60 Å². The normalized spacial score (nSPS) is 44.5. The third-order valence-corrected chi connectivity index (χ3v) is 7.72. The molecule has 7 heteroatoms. The van der Waals surface area contributed by atoms with Gasteiger partial charge < -0.3 is 23.6 Å². The lowest BCUT2D eigenvalue weighted by Crippen LogP contribution is -2.46. The third kappa shape index (κ3) is 3.00. The van der Waals surface area contributed by atoms with Gasteiger partial charge in [0, 0.05) is 18.3 Å². The van der Waals surface area contributed by atoms with Crippen LogP contribution >= 0.6 is 7.60 Å². The van der Waals surface area contributed by atoms with Crippen molar-refractivity contribution in [1.82, 2.24) is 0 Å². The maximum absolute atomic E-state index is 13.3. The molecular formula is C16H27O6P. The molecule has 3 rings (SSSR count). The lowest BCUT2D eigenvalue weighted by Gasteiger charge is -2.46. The first-order chi connectivity index (χ1) is 10.7. The van der Waals surface area contributed by atoms with Crippen LogP contribution in [0.1, 0.15) is 53.4 Å². The van der Waals surface area contributed by atoms with E-state index in [0.29, 0.717) is 44.2 Å². The summed E-state index contributed by atoms with van der Waals surface area (Å²) < 4.78 is 36.3. The van der Waals surface area contributed by atoms with E-state index < -0.39 is 13.4 Å². The largest absolute Gasteiger partial charge is 0.512 e. The third-order valence-electron chi connectivity index (χ3n) is 5.37. The summed E-state index contributed by atoms with van der Waals surface area (Å²) in [5.74, 6) is -0.612. The average molecular weight is 346 g/mol. The van der Waals surface area contributed by atoms with Gasteiger partial charge in [-0.3, -0.25) is 4.57 Å². The van der Waals surface area contributed by atoms with E-state index in [1.807, 2.05) is 27.7 Å². The first kappa shape index (κ1) is 17.4. The van der Waals surface area contributed by atoms with E-state index in [4.69, 9.17) is 18.5 Å². The lowest BCUT2D eigenvalue weighted by molar-refractivity contribution is -0.223. The van der Waals surface area contributed by atoms with Gasteiger partial charge in [-0.15, -0.1) is 0 Å². The molecule has 2 fully saturated rings. The van der Waals surface area contributed by atoms with E-state index in [0.717, 1.165) is 0 Å². The number of ether oxygens (including phenoxy) is 2. The van der Waals surface area contributed by atoms with Crippen LogP contribution in [0.3, 0.4) is 0 Å². The van der Waals surface area contributed by atoms with Gasteiger partial charge in [-0.05, 0) is 33.6 Å². The zero-order valence-corrected chi connectivity index (χ0v) is 15.2. The molecule has 0 spiro atoms. The van der Waals surface area contributed by atoms with Crippen LogP contribution < -0.4 is 0 Å². The number of hydrogen-bond acceptors (Lipinski definition) is 6. The first-order valence-electron chi connectivity index (χ1n) is 8.34. The molecule has 0 aromatic rings. The Bertz CT molecular complexity index is 539. The molecule has 0 aromatic carbocycles. The molecule has 1 N–H and O–H groups in total. The van der Waals surface area contributed by atoms with Crippen LogP contribution in [0, 0.1) is 5.41 Å². The van der Waals surface area contributed by atoms with Gasteiger partial charge >= 0.3 is 7.60 Å². The van der Waals surface area contributed by atoms with E-state index in [2.05, 4.69) is 0 Å². The van der Waals surface area contributed by atoms with Gasteiger partial charge in [0.25, 0.3) is 0 Å². The van der Waals surface area contributed by atoms with Crippen molar-refractivity contribution in [2.75, 3.05) is 13.2 Å². The highest BCUT2D eigenvalue weighted by Gasteiger charge is 2.54. The zero-order chi connectivity index (χ0) is 16.9. The standard InChI is InChI=1S/C16H27O6P/c1-11-9-12(2)22-23(18,21-11)14-10-15(3,6-5-13(14)17)16(4)19-7-8-20-16/h11-12,17H,5-10H2,1-4H3/t11-,12-,15-/m1/s1. The summed E-state index contributed by atoms with van der Waals surface area (Å²) in [7, 11) is -3.49. The molecule has 132 valence electrons. The Morgan fingerprint density at radius 3 is 2.26 bits per heavy atom. The Kier molecular flexibility index (Phi) is 4.43. The maximum atomic E-state index is 13.3. The minimum Gasteiger partial charge on any atom is -0.512 e. The molecule has 2 aliphatic heterocycles. The van der Waals surface area contributed by atoms with Crippen molar-refractivity contribution in [3.8, 4) is 0 Å². The average Bonchev–Trinajstić information content (AvgIpc) is 2.89. The first-order valence-corrected chi connectivity index (χ1v) is 9.88. The van der Waals surface area contributed by atoms with Crippen LogP contribution in [-0.2, 0) is 23.1 Å². The molecule has 0 amide bonds. The van der Waals surface area contributed by atoms with Crippen LogP contribution in [0.25, 0.3) is 0 Å². The van der Waals surface area contributed by atoms with Gasteiger partial charge in [-0.2, -0.15) is 0 Å². The number of rotatable bonds is 2. The Balaban J connectivity index is 1.91. The predicted octanol–water partition coefficient (Wildman–Crippen LogP) is 4.12. The molecule has 6 nitrogen and oxygen atoms in total. The summed E-state index contributed by atoms with van der Waals surface area (Å²) in [6.07, 6.45) is 1.88. The van der Waals surface area contributed by atoms with Crippen molar-refractivity contribution in [1.29, 1.82) is 0 Å². The molecule has 0 aromatic heterocycles. The molecule has 2 saturated heterocycles. The molecule has 0 bridgehead atoms. The summed E-state index contributed by atoms with van der Waals surface area (Å²) in [6, 6.07) is 0.